The lowest BCUT2D eigenvalue weighted by Gasteiger charge is -2.28. The molecule has 0 saturated heterocycles. The summed E-state index contributed by atoms with van der Waals surface area (Å²) in [5.41, 5.74) is 4.29. The van der Waals surface area contributed by atoms with Gasteiger partial charge < -0.3 is 4.74 Å². The highest BCUT2D eigenvalue weighted by Crippen LogP contribution is 2.25. The van der Waals surface area contributed by atoms with E-state index in [1.807, 2.05) is 18.3 Å². The van der Waals surface area contributed by atoms with Gasteiger partial charge in [-0.15, -0.1) is 0 Å². The second-order valence-corrected chi connectivity index (χ2v) is 7.11. The van der Waals surface area contributed by atoms with Crippen molar-refractivity contribution >= 4 is 15.9 Å². The SMILES string of the molecule is COc1ncc(Br)cc1CN1CCc2cnc(-c3cccnc3)nc2C1. The van der Waals surface area contributed by atoms with Crippen molar-refractivity contribution in [2.45, 2.75) is 19.5 Å². The molecule has 132 valence electrons. The first-order valence-electron chi connectivity index (χ1n) is 8.39. The molecular weight excluding hydrogens is 394 g/mol. The summed E-state index contributed by atoms with van der Waals surface area (Å²) in [4.78, 5) is 20.1. The van der Waals surface area contributed by atoms with Crippen LogP contribution >= 0.6 is 15.9 Å². The normalized spacial score (nSPS) is 14.1. The highest BCUT2D eigenvalue weighted by atomic mass is 79.9. The summed E-state index contributed by atoms with van der Waals surface area (Å²) in [7, 11) is 1.65. The summed E-state index contributed by atoms with van der Waals surface area (Å²) < 4.78 is 6.35. The summed E-state index contributed by atoms with van der Waals surface area (Å²) in [6, 6.07) is 5.94. The van der Waals surface area contributed by atoms with E-state index in [9.17, 15) is 0 Å². The van der Waals surface area contributed by atoms with Gasteiger partial charge in [-0.1, -0.05) is 0 Å². The van der Waals surface area contributed by atoms with Crippen LogP contribution in [0.5, 0.6) is 5.88 Å². The number of fused-ring (bicyclic) bond motifs is 1. The number of hydrogen-bond donors (Lipinski definition) is 0. The van der Waals surface area contributed by atoms with Crippen LogP contribution in [-0.4, -0.2) is 38.5 Å². The predicted molar refractivity (Wildman–Crippen MR) is 102 cm³/mol. The van der Waals surface area contributed by atoms with Gasteiger partial charge in [-0.25, -0.2) is 15.0 Å². The van der Waals surface area contributed by atoms with Gasteiger partial charge in [0.1, 0.15) is 0 Å². The lowest BCUT2D eigenvalue weighted by atomic mass is 10.1. The van der Waals surface area contributed by atoms with Crippen molar-refractivity contribution in [3.63, 3.8) is 0 Å². The van der Waals surface area contributed by atoms with Crippen LogP contribution in [-0.2, 0) is 19.5 Å². The minimum Gasteiger partial charge on any atom is -0.481 e. The molecule has 0 aliphatic carbocycles. The highest BCUT2D eigenvalue weighted by Gasteiger charge is 2.20. The van der Waals surface area contributed by atoms with E-state index in [1.165, 1.54) is 5.56 Å². The van der Waals surface area contributed by atoms with Crippen LogP contribution < -0.4 is 4.74 Å². The molecule has 0 bridgehead atoms. The first-order chi connectivity index (χ1) is 12.7. The minimum atomic E-state index is 0.665. The van der Waals surface area contributed by atoms with Crippen molar-refractivity contribution < 1.29 is 4.74 Å². The molecule has 0 amide bonds. The highest BCUT2D eigenvalue weighted by molar-refractivity contribution is 9.10. The zero-order valence-electron chi connectivity index (χ0n) is 14.4. The Morgan fingerprint density at radius 2 is 2.15 bits per heavy atom. The number of halogens is 1. The molecule has 0 atom stereocenters. The fraction of sp³-hybridized carbons (Fsp3) is 0.263. The Bertz CT molecular complexity index is 919. The second kappa shape index (κ2) is 7.47. The molecule has 0 radical (unpaired) electrons. The molecule has 1 aliphatic rings. The van der Waals surface area contributed by atoms with E-state index in [4.69, 9.17) is 9.72 Å². The number of ether oxygens (including phenoxy) is 1. The molecule has 4 rings (SSSR count). The molecule has 6 nitrogen and oxygen atoms in total. The van der Waals surface area contributed by atoms with Gasteiger partial charge in [-0.2, -0.15) is 0 Å². The first-order valence-corrected chi connectivity index (χ1v) is 9.18. The van der Waals surface area contributed by atoms with Crippen molar-refractivity contribution in [3.8, 4) is 17.3 Å². The second-order valence-electron chi connectivity index (χ2n) is 6.19. The topological polar surface area (TPSA) is 64.0 Å². The molecule has 0 fully saturated rings. The van der Waals surface area contributed by atoms with Crippen LogP contribution in [0.1, 0.15) is 16.8 Å². The monoisotopic (exact) mass is 411 g/mol. The predicted octanol–water partition coefficient (Wildman–Crippen LogP) is 3.26. The maximum Gasteiger partial charge on any atom is 0.217 e. The van der Waals surface area contributed by atoms with Crippen molar-refractivity contribution in [2.75, 3.05) is 13.7 Å². The summed E-state index contributed by atoms with van der Waals surface area (Å²) in [5, 5.41) is 0. The average Bonchev–Trinajstić information content (AvgIpc) is 2.68. The van der Waals surface area contributed by atoms with Crippen molar-refractivity contribution in [1.29, 1.82) is 0 Å². The molecule has 3 aromatic heterocycles. The number of pyridine rings is 2. The Labute approximate surface area is 160 Å². The van der Waals surface area contributed by atoms with E-state index >= 15 is 0 Å². The zero-order valence-corrected chi connectivity index (χ0v) is 16.0. The Kier molecular flexibility index (Phi) is 4.90. The van der Waals surface area contributed by atoms with Crippen molar-refractivity contribution in [2.24, 2.45) is 0 Å². The fourth-order valence-corrected chi connectivity index (χ4v) is 3.51. The van der Waals surface area contributed by atoms with Gasteiger partial charge >= 0.3 is 0 Å². The van der Waals surface area contributed by atoms with Crippen LogP contribution in [0.3, 0.4) is 0 Å². The van der Waals surface area contributed by atoms with Gasteiger partial charge in [0.25, 0.3) is 0 Å². The molecule has 0 N–H and O–H groups in total. The van der Waals surface area contributed by atoms with E-state index in [-0.39, 0.29) is 0 Å². The van der Waals surface area contributed by atoms with Gasteiger partial charge in [-0.3, -0.25) is 9.88 Å². The largest absolute Gasteiger partial charge is 0.481 e. The Balaban J connectivity index is 1.57. The lowest BCUT2D eigenvalue weighted by molar-refractivity contribution is 0.236. The molecule has 0 aromatic carbocycles. The van der Waals surface area contributed by atoms with Gasteiger partial charge in [0.2, 0.25) is 5.88 Å². The van der Waals surface area contributed by atoms with E-state index in [0.717, 1.165) is 53.2 Å². The van der Waals surface area contributed by atoms with Crippen molar-refractivity contribution in [1.82, 2.24) is 24.8 Å². The standard InChI is InChI=1S/C19H18BrN5O/c1-26-19-15(7-16(20)10-23-19)11-25-6-4-13-9-22-18(24-17(13)12-25)14-3-2-5-21-8-14/h2-3,5,7-10H,4,6,11-12H2,1H3. The zero-order chi connectivity index (χ0) is 17.9. The quantitative estimate of drug-likeness (QED) is 0.656. The van der Waals surface area contributed by atoms with Crippen LogP contribution in [0.25, 0.3) is 11.4 Å². The first kappa shape index (κ1) is 17.1. The third-order valence-electron chi connectivity index (χ3n) is 4.42. The smallest absolute Gasteiger partial charge is 0.217 e. The molecule has 0 unspecified atom stereocenters. The number of hydrogen-bond acceptors (Lipinski definition) is 6. The Morgan fingerprint density at radius 3 is 2.96 bits per heavy atom. The summed E-state index contributed by atoms with van der Waals surface area (Å²) in [5.74, 6) is 1.39. The number of methoxy groups -OCH3 is 1. The van der Waals surface area contributed by atoms with Crippen LogP contribution in [0.2, 0.25) is 0 Å². The molecule has 0 saturated carbocycles. The third-order valence-corrected chi connectivity index (χ3v) is 4.86. The molecule has 7 heteroatoms. The fourth-order valence-electron chi connectivity index (χ4n) is 3.13. The lowest BCUT2D eigenvalue weighted by Crippen LogP contribution is -2.31. The maximum absolute atomic E-state index is 5.40. The number of nitrogens with zero attached hydrogens (tertiary/aromatic N) is 5. The van der Waals surface area contributed by atoms with Crippen LogP contribution in [0, 0.1) is 0 Å². The minimum absolute atomic E-state index is 0.665. The van der Waals surface area contributed by atoms with Crippen LogP contribution in [0.4, 0.5) is 0 Å². The Hall–Kier alpha value is -2.38. The van der Waals surface area contributed by atoms with E-state index < -0.39 is 0 Å². The maximum atomic E-state index is 5.40. The van der Waals surface area contributed by atoms with E-state index in [1.54, 1.807) is 25.7 Å². The average molecular weight is 412 g/mol. The van der Waals surface area contributed by atoms with Gasteiger partial charge in [0, 0.05) is 60.0 Å². The van der Waals surface area contributed by atoms with E-state index in [0.29, 0.717) is 5.88 Å². The number of rotatable bonds is 4. The van der Waals surface area contributed by atoms with Crippen molar-refractivity contribution in [3.05, 3.63) is 64.3 Å². The number of aromatic nitrogens is 4. The summed E-state index contributed by atoms with van der Waals surface area (Å²) in [6.45, 7) is 2.50. The summed E-state index contributed by atoms with van der Waals surface area (Å²) >= 11 is 3.49. The molecule has 26 heavy (non-hydrogen) atoms. The molecule has 0 spiro atoms. The summed E-state index contributed by atoms with van der Waals surface area (Å²) in [6.07, 6.45) is 8.18. The molecule has 1 aliphatic heterocycles. The van der Waals surface area contributed by atoms with Crippen LogP contribution in [0.15, 0.2) is 47.5 Å². The van der Waals surface area contributed by atoms with Gasteiger partial charge in [0.05, 0.1) is 12.8 Å². The molecule has 4 heterocycles. The Morgan fingerprint density at radius 1 is 1.23 bits per heavy atom. The van der Waals surface area contributed by atoms with E-state index in [2.05, 4.69) is 41.8 Å². The molecular formula is C19H18BrN5O. The van der Waals surface area contributed by atoms with Gasteiger partial charge in [0.15, 0.2) is 5.82 Å². The third kappa shape index (κ3) is 3.59. The molecule has 3 aromatic rings. The van der Waals surface area contributed by atoms with Gasteiger partial charge in [-0.05, 0) is 46.1 Å².